The Kier molecular flexibility index (Phi) is 10.3. The number of fused-ring (bicyclic) bond motifs is 1. The Morgan fingerprint density at radius 1 is 1.18 bits per heavy atom. The second-order valence-corrected chi connectivity index (χ2v) is 11.8. The summed E-state index contributed by atoms with van der Waals surface area (Å²) in [5.74, 6) is 0.694. The number of thioether (sulfide) groups is 1. The van der Waals surface area contributed by atoms with E-state index in [0.717, 1.165) is 17.7 Å². The lowest BCUT2D eigenvalue weighted by Gasteiger charge is -2.41. The molecule has 0 unspecified atom stereocenters. The van der Waals surface area contributed by atoms with E-state index in [2.05, 4.69) is 22.8 Å². The van der Waals surface area contributed by atoms with Crippen LogP contribution in [-0.2, 0) is 25.5 Å². The van der Waals surface area contributed by atoms with Gasteiger partial charge in [0.05, 0.1) is 11.5 Å². The van der Waals surface area contributed by atoms with Crippen LogP contribution in [0.4, 0.5) is 0 Å². The lowest BCUT2D eigenvalue weighted by molar-refractivity contribution is -0.140. The van der Waals surface area contributed by atoms with Crippen LogP contribution in [0.25, 0.3) is 0 Å². The topological polar surface area (TPSA) is 114 Å². The predicted octanol–water partition coefficient (Wildman–Crippen LogP) is 2.27. The summed E-state index contributed by atoms with van der Waals surface area (Å²) in [6, 6.07) is 8.56. The van der Waals surface area contributed by atoms with Crippen LogP contribution in [0.5, 0.6) is 0 Å². The van der Waals surface area contributed by atoms with Gasteiger partial charge in [-0.2, -0.15) is 11.8 Å². The molecule has 1 aromatic carbocycles. The van der Waals surface area contributed by atoms with Crippen molar-refractivity contribution in [1.82, 2.24) is 15.5 Å². The Bertz CT molecular complexity index is 982. The van der Waals surface area contributed by atoms with Crippen LogP contribution in [-0.4, -0.2) is 79.1 Å². The van der Waals surface area contributed by atoms with Crippen LogP contribution in [0.15, 0.2) is 42.5 Å². The fourth-order valence-corrected chi connectivity index (χ4v) is 6.27. The zero-order valence-electron chi connectivity index (χ0n) is 22.4. The molecule has 1 spiro atoms. The Balaban J connectivity index is 1.55. The number of piperidine rings is 1. The molecule has 4 N–H and O–H groups in total. The maximum Gasteiger partial charge on any atom is 0.243 e. The maximum atomic E-state index is 13.7. The van der Waals surface area contributed by atoms with Crippen LogP contribution in [0.1, 0.15) is 44.1 Å². The van der Waals surface area contributed by atoms with Crippen LogP contribution < -0.4 is 16.4 Å². The Hall–Kier alpha value is -2.36. The fourth-order valence-electron chi connectivity index (χ4n) is 5.78. The van der Waals surface area contributed by atoms with Crippen molar-refractivity contribution in [3.63, 3.8) is 0 Å². The average Bonchev–Trinajstić information content (AvgIpc) is 2.94. The number of nitrogens with one attached hydrogen (secondary N) is 2. The highest BCUT2D eigenvalue weighted by Crippen LogP contribution is 2.36. The molecule has 1 aromatic rings. The SMILES string of the molecule is CSCC[C@@H](N)C(=O)N1CC[C@@H]2NC(=O)[C@@H](Cc3ccccc3)NC(=O)C3(C/C=C/C[C@H]2C1)CCOCC3. The lowest BCUT2D eigenvalue weighted by Crippen LogP contribution is -2.59. The summed E-state index contributed by atoms with van der Waals surface area (Å²) in [7, 11) is 0. The molecular formula is C29H42N4O4S. The van der Waals surface area contributed by atoms with Crippen molar-refractivity contribution < 1.29 is 19.1 Å². The van der Waals surface area contributed by atoms with E-state index in [1.807, 2.05) is 41.5 Å². The highest BCUT2D eigenvalue weighted by molar-refractivity contribution is 7.98. The number of carbonyl (C=O) groups is 3. The molecule has 0 aliphatic carbocycles. The largest absolute Gasteiger partial charge is 0.381 e. The molecular weight excluding hydrogens is 500 g/mol. The molecule has 0 radical (unpaired) electrons. The van der Waals surface area contributed by atoms with Gasteiger partial charge in [-0.25, -0.2) is 0 Å². The Morgan fingerprint density at radius 2 is 1.95 bits per heavy atom. The van der Waals surface area contributed by atoms with Crippen LogP contribution in [0, 0.1) is 11.3 Å². The van der Waals surface area contributed by atoms with E-state index in [-0.39, 0.29) is 29.7 Å². The van der Waals surface area contributed by atoms with Gasteiger partial charge in [0.25, 0.3) is 0 Å². The highest BCUT2D eigenvalue weighted by atomic mass is 32.2. The molecule has 3 heterocycles. The van der Waals surface area contributed by atoms with Crippen molar-refractivity contribution in [1.29, 1.82) is 0 Å². The third kappa shape index (κ3) is 7.18. The number of nitrogens with zero attached hydrogens (tertiary/aromatic N) is 1. The van der Waals surface area contributed by atoms with Gasteiger partial charge in [-0.15, -0.1) is 0 Å². The molecule has 0 aromatic heterocycles. The van der Waals surface area contributed by atoms with E-state index in [4.69, 9.17) is 10.5 Å². The summed E-state index contributed by atoms with van der Waals surface area (Å²) in [6.45, 7) is 2.20. The van der Waals surface area contributed by atoms with Crippen molar-refractivity contribution in [2.24, 2.45) is 17.1 Å². The van der Waals surface area contributed by atoms with E-state index >= 15 is 0 Å². The van der Waals surface area contributed by atoms with Gasteiger partial charge < -0.3 is 26.0 Å². The number of benzene rings is 1. The number of hydrogen-bond donors (Lipinski definition) is 3. The van der Waals surface area contributed by atoms with Crippen LogP contribution in [0.3, 0.4) is 0 Å². The van der Waals surface area contributed by atoms with E-state index in [0.29, 0.717) is 64.8 Å². The molecule has 4 rings (SSSR count). The smallest absolute Gasteiger partial charge is 0.243 e. The lowest BCUT2D eigenvalue weighted by atomic mass is 9.75. The van der Waals surface area contributed by atoms with Gasteiger partial charge in [0.1, 0.15) is 6.04 Å². The molecule has 4 atom stereocenters. The van der Waals surface area contributed by atoms with E-state index in [1.165, 1.54) is 0 Å². The molecule has 2 fully saturated rings. The second kappa shape index (κ2) is 13.6. The van der Waals surface area contributed by atoms with Crippen molar-refractivity contribution in [2.75, 3.05) is 38.3 Å². The normalized spacial score (nSPS) is 27.7. The number of ether oxygens (including phenoxy) is 1. The Morgan fingerprint density at radius 3 is 2.68 bits per heavy atom. The number of allylic oxidation sites excluding steroid dienone is 2. The van der Waals surface area contributed by atoms with Gasteiger partial charge in [0.15, 0.2) is 0 Å². The van der Waals surface area contributed by atoms with Gasteiger partial charge in [-0.1, -0.05) is 42.5 Å². The third-order valence-electron chi connectivity index (χ3n) is 8.27. The third-order valence-corrected chi connectivity index (χ3v) is 8.92. The van der Waals surface area contributed by atoms with E-state index in [9.17, 15) is 14.4 Å². The van der Waals surface area contributed by atoms with Crippen molar-refractivity contribution >= 4 is 29.5 Å². The molecule has 0 saturated carbocycles. The summed E-state index contributed by atoms with van der Waals surface area (Å²) in [5.41, 5.74) is 6.62. The van der Waals surface area contributed by atoms with Crippen molar-refractivity contribution in [3.05, 3.63) is 48.0 Å². The van der Waals surface area contributed by atoms with Crippen molar-refractivity contribution in [2.45, 2.75) is 63.1 Å². The average molecular weight is 543 g/mol. The van der Waals surface area contributed by atoms with Crippen molar-refractivity contribution in [3.8, 4) is 0 Å². The number of hydrogen-bond acceptors (Lipinski definition) is 6. The first kappa shape index (κ1) is 28.6. The summed E-state index contributed by atoms with van der Waals surface area (Å²) in [5, 5.41) is 6.38. The van der Waals surface area contributed by atoms with Gasteiger partial charge in [0, 0.05) is 44.7 Å². The molecule has 8 nitrogen and oxygen atoms in total. The molecule has 208 valence electrons. The zero-order chi connectivity index (χ0) is 27.0. The fraction of sp³-hybridized carbons (Fsp3) is 0.621. The minimum absolute atomic E-state index is 0.00528. The maximum absolute atomic E-state index is 13.7. The predicted molar refractivity (Wildman–Crippen MR) is 151 cm³/mol. The number of likely N-dealkylation sites (tertiary alicyclic amines) is 1. The quantitative estimate of drug-likeness (QED) is 0.476. The highest BCUT2D eigenvalue weighted by Gasteiger charge is 2.42. The number of amides is 3. The van der Waals surface area contributed by atoms with Gasteiger partial charge in [0.2, 0.25) is 17.7 Å². The summed E-state index contributed by atoms with van der Waals surface area (Å²) >= 11 is 1.69. The zero-order valence-corrected chi connectivity index (χ0v) is 23.2. The van der Waals surface area contributed by atoms with Gasteiger partial charge >= 0.3 is 0 Å². The summed E-state index contributed by atoms with van der Waals surface area (Å²) in [4.78, 5) is 42.2. The van der Waals surface area contributed by atoms with Crippen LogP contribution in [0.2, 0.25) is 0 Å². The van der Waals surface area contributed by atoms with Crippen LogP contribution >= 0.6 is 11.8 Å². The second-order valence-electron chi connectivity index (χ2n) is 10.9. The van der Waals surface area contributed by atoms with Gasteiger partial charge in [-0.3, -0.25) is 14.4 Å². The molecule has 9 heteroatoms. The van der Waals surface area contributed by atoms with E-state index in [1.54, 1.807) is 11.8 Å². The molecule has 3 amide bonds. The minimum atomic E-state index is -0.673. The molecule has 38 heavy (non-hydrogen) atoms. The first-order valence-electron chi connectivity index (χ1n) is 13.8. The standard InChI is InChI=1S/C29H42N4O4S/c1-38-18-11-23(30)27(35)33-15-10-24-22(20-33)9-5-6-12-29(13-16-37-17-14-29)28(36)32-25(26(34)31-24)19-21-7-3-2-4-8-21/h2-8,22-25H,9-20,30H2,1H3,(H,31,34)(H,32,36)/b6-5+/t22-,23+,24-,25+/m0/s1. The number of rotatable bonds is 6. The summed E-state index contributed by atoms with van der Waals surface area (Å²) < 4.78 is 5.58. The summed E-state index contributed by atoms with van der Waals surface area (Å²) in [6.07, 6.45) is 10.6. The monoisotopic (exact) mass is 542 g/mol. The first-order chi connectivity index (χ1) is 18.4. The van der Waals surface area contributed by atoms with E-state index < -0.39 is 17.5 Å². The first-order valence-corrected chi connectivity index (χ1v) is 15.2. The number of carbonyl (C=O) groups excluding carboxylic acids is 3. The molecule has 3 aliphatic rings. The van der Waals surface area contributed by atoms with Gasteiger partial charge in [-0.05, 0) is 56.1 Å². The minimum Gasteiger partial charge on any atom is -0.381 e. The molecule has 2 saturated heterocycles. The number of nitrogens with two attached hydrogens (primary N) is 1. The Labute approximate surface area is 230 Å². The molecule has 3 aliphatic heterocycles. The molecule has 0 bridgehead atoms.